The van der Waals surface area contributed by atoms with Crippen LogP contribution in [0.15, 0.2) is 47.4 Å². The molecule has 1 aliphatic heterocycles. The lowest BCUT2D eigenvalue weighted by Gasteiger charge is -2.33. The number of hydrogen-bond donors (Lipinski definition) is 2. The number of carbonyl (C=O) groups excluding carboxylic acids is 2. The van der Waals surface area contributed by atoms with Crippen molar-refractivity contribution >= 4 is 33.6 Å². The zero-order chi connectivity index (χ0) is 27.4. The van der Waals surface area contributed by atoms with E-state index >= 15 is 0 Å². The number of hydroxylamine groups is 1. The number of halogens is 2. The van der Waals surface area contributed by atoms with Gasteiger partial charge in [0.05, 0.1) is 23.9 Å². The molecule has 3 rings (SSSR count). The lowest BCUT2D eigenvalue weighted by molar-refractivity contribution is -0.148. The van der Waals surface area contributed by atoms with Crippen molar-refractivity contribution in [2.45, 2.75) is 29.5 Å². The minimum atomic E-state index is -4.89. The zero-order valence-corrected chi connectivity index (χ0v) is 21.7. The minimum absolute atomic E-state index is 0.0209. The molecule has 0 aromatic heterocycles. The molecule has 3 N–H and O–H groups in total. The average molecular weight is 560 g/mol. The van der Waals surface area contributed by atoms with E-state index in [0.29, 0.717) is 32.4 Å². The first kappa shape index (κ1) is 28.8. The maximum atomic E-state index is 14.6. The number of hydrogen-bond acceptors (Lipinski definition) is 9. The van der Waals surface area contributed by atoms with E-state index in [9.17, 15) is 32.0 Å². The van der Waals surface area contributed by atoms with E-state index in [0.717, 1.165) is 36.0 Å². The molecule has 0 aliphatic carbocycles. The van der Waals surface area contributed by atoms with Gasteiger partial charge in [-0.2, -0.15) is 8.42 Å². The lowest BCUT2D eigenvalue weighted by Crippen LogP contribution is -2.54. The van der Waals surface area contributed by atoms with Crippen molar-refractivity contribution in [3.63, 3.8) is 0 Å². The number of thioether (sulfide) groups is 1. The van der Waals surface area contributed by atoms with Crippen LogP contribution < -0.4 is 10.5 Å². The quantitative estimate of drug-likeness (QED) is 0.350. The van der Waals surface area contributed by atoms with Gasteiger partial charge in [-0.05, 0) is 56.3 Å². The highest BCUT2D eigenvalue weighted by atomic mass is 32.2. The van der Waals surface area contributed by atoms with Crippen LogP contribution in [0.2, 0.25) is 0 Å². The third kappa shape index (κ3) is 6.96. The molecule has 2 aromatic carbocycles. The second-order valence-corrected chi connectivity index (χ2v) is 12.0. The Hall–Kier alpha value is -2.78. The Morgan fingerprint density at radius 1 is 1.19 bits per heavy atom. The number of rotatable bonds is 9. The molecule has 0 unspecified atom stereocenters. The Kier molecular flexibility index (Phi) is 9.13. The first-order valence-corrected chi connectivity index (χ1v) is 13.5. The highest BCUT2D eigenvalue weighted by molar-refractivity contribution is 8.01. The molecule has 10 nitrogen and oxygen atoms in total. The molecule has 1 fully saturated rings. The zero-order valence-electron chi connectivity index (χ0n) is 20.1. The molecule has 0 bridgehead atoms. The van der Waals surface area contributed by atoms with Crippen molar-refractivity contribution in [1.82, 2.24) is 9.37 Å². The Morgan fingerprint density at radius 2 is 1.81 bits per heavy atom. The smallest absolute Gasteiger partial charge is 0.289 e. The van der Waals surface area contributed by atoms with E-state index in [4.69, 9.17) is 15.2 Å². The molecule has 2 aromatic rings. The summed E-state index contributed by atoms with van der Waals surface area (Å²) in [6.45, 7) is 4.81. The van der Waals surface area contributed by atoms with Crippen molar-refractivity contribution in [1.29, 1.82) is 0 Å². The van der Waals surface area contributed by atoms with Crippen LogP contribution in [0.4, 0.5) is 8.78 Å². The SMILES string of the molecule is CC(C)(SCC(=O)N1CCOCC1)[C@@H](N)C(=O)N(O)S(=O)(=O)c1ccc(Oc2ccc(F)cc2)c(F)c1. The summed E-state index contributed by atoms with van der Waals surface area (Å²) < 4.78 is 62.0. The third-order valence-electron chi connectivity index (χ3n) is 5.61. The van der Waals surface area contributed by atoms with Crippen LogP contribution in [0, 0.1) is 11.6 Å². The van der Waals surface area contributed by atoms with Gasteiger partial charge in [-0.25, -0.2) is 8.78 Å². The molecule has 1 aliphatic rings. The number of morpholine rings is 1. The van der Waals surface area contributed by atoms with E-state index in [1.165, 1.54) is 26.0 Å². The molecule has 202 valence electrons. The standard InChI is InChI=1S/C23H27F2N3O7S2/c1-23(2,36-14-20(29)27-9-11-34-12-10-27)21(26)22(30)28(31)37(32,33)17-7-8-19(18(25)13-17)35-16-5-3-15(24)4-6-16/h3-8,13,21,31H,9-12,14,26H2,1-2H3/t21-/m0/s1. The summed E-state index contributed by atoms with van der Waals surface area (Å²) in [4.78, 5) is 26.1. The maximum Gasteiger partial charge on any atom is 0.289 e. The fourth-order valence-corrected chi connectivity index (χ4v) is 5.23. The van der Waals surface area contributed by atoms with E-state index in [-0.39, 0.29) is 23.2 Å². The lowest BCUT2D eigenvalue weighted by atomic mass is 10.0. The summed E-state index contributed by atoms with van der Waals surface area (Å²) in [7, 11) is -4.89. The first-order chi connectivity index (χ1) is 17.3. The molecular formula is C23H27F2N3O7S2. The normalized spacial score (nSPS) is 15.2. The van der Waals surface area contributed by atoms with Crippen molar-refractivity contribution in [3.05, 3.63) is 54.1 Å². The second kappa shape index (κ2) is 11.7. The van der Waals surface area contributed by atoms with Crippen molar-refractivity contribution in [2.75, 3.05) is 32.1 Å². The molecule has 0 saturated carbocycles. The molecular weight excluding hydrogens is 532 g/mol. The number of ether oxygens (including phenoxy) is 2. The highest BCUT2D eigenvalue weighted by Crippen LogP contribution is 2.31. The largest absolute Gasteiger partial charge is 0.454 e. The Labute approximate surface area is 217 Å². The van der Waals surface area contributed by atoms with Gasteiger partial charge in [0.2, 0.25) is 5.91 Å². The van der Waals surface area contributed by atoms with Crippen LogP contribution in [-0.4, -0.2) is 77.7 Å². The van der Waals surface area contributed by atoms with Gasteiger partial charge in [0.1, 0.15) is 17.6 Å². The maximum absolute atomic E-state index is 14.6. The van der Waals surface area contributed by atoms with Crippen LogP contribution in [0.25, 0.3) is 0 Å². The Balaban J connectivity index is 1.68. The van der Waals surface area contributed by atoms with Crippen molar-refractivity contribution in [3.8, 4) is 11.5 Å². The number of sulfonamides is 1. The van der Waals surface area contributed by atoms with Crippen LogP contribution in [0.3, 0.4) is 0 Å². The van der Waals surface area contributed by atoms with E-state index < -0.39 is 47.7 Å². The second-order valence-electron chi connectivity index (χ2n) is 8.60. The van der Waals surface area contributed by atoms with Gasteiger partial charge in [0, 0.05) is 17.8 Å². The topological polar surface area (TPSA) is 139 Å². The summed E-state index contributed by atoms with van der Waals surface area (Å²) in [6, 6.07) is 5.66. The summed E-state index contributed by atoms with van der Waals surface area (Å²) in [5.41, 5.74) is 5.98. The predicted molar refractivity (Wildman–Crippen MR) is 131 cm³/mol. The van der Waals surface area contributed by atoms with Gasteiger partial charge in [0.15, 0.2) is 11.6 Å². The number of benzene rings is 2. The van der Waals surface area contributed by atoms with E-state index in [1.807, 2.05) is 0 Å². The van der Waals surface area contributed by atoms with Crippen molar-refractivity contribution in [2.24, 2.45) is 5.73 Å². The fraction of sp³-hybridized carbons (Fsp3) is 0.391. The van der Waals surface area contributed by atoms with Gasteiger partial charge >= 0.3 is 0 Å². The first-order valence-electron chi connectivity index (χ1n) is 11.1. The van der Waals surface area contributed by atoms with Crippen LogP contribution in [0.1, 0.15) is 13.8 Å². The molecule has 14 heteroatoms. The summed E-state index contributed by atoms with van der Waals surface area (Å²) in [5, 5.41) is 10.3. The summed E-state index contributed by atoms with van der Waals surface area (Å²) in [6.07, 6.45) is 0. The van der Waals surface area contributed by atoms with Crippen LogP contribution >= 0.6 is 11.8 Å². The molecule has 1 heterocycles. The molecule has 37 heavy (non-hydrogen) atoms. The number of nitrogens with zero attached hydrogens (tertiary/aromatic N) is 2. The van der Waals surface area contributed by atoms with Crippen LogP contribution in [0.5, 0.6) is 11.5 Å². The molecule has 1 atom stereocenters. The number of amides is 2. The summed E-state index contributed by atoms with van der Waals surface area (Å²) in [5.74, 6) is -3.45. The molecule has 0 radical (unpaired) electrons. The van der Waals surface area contributed by atoms with Gasteiger partial charge in [-0.3, -0.25) is 14.8 Å². The van der Waals surface area contributed by atoms with Gasteiger partial charge < -0.3 is 20.1 Å². The summed E-state index contributed by atoms with van der Waals surface area (Å²) >= 11 is 1.04. The number of carbonyl (C=O) groups is 2. The van der Waals surface area contributed by atoms with Gasteiger partial charge in [-0.15, -0.1) is 16.2 Å². The predicted octanol–water partition coefficient (Wildman–Crippen LogP) is 2.36. The third-order valence-corrected chi connectivity index (χ3v) is 8.48. The Morgan fingerprint density at radius 3 is 2.41 bits per heavy atom. The average Bonchev–Trinajstić information content (AvgIpc) is 2.88. The van der Waals surface area contributed by atoms with Gasteiger partial charge in [0.25, 0.3) is 15.9 Å². The molecule has 1 saturated heterocycles. The number of nitrogens with two attached hydrogens (primary N) is 1. The minimum Gasteiger partial charge on any atom is -0.454 e. The highest BCUT2D eigenvalue weighted by Gasteiger charge is 2.40. The molecule has 0 spiro atoms. The van der Waals surface area contributed by atoms with Crippen molar-refractivity contribution < 1.29 is 41.5 Å². The fourth-order valence-electron chi connectivity index (χ4n) is 3.23. The van der Waals surface area contributed by atoms with E-state index in [2.05, 4.69) is 0 Å². The molecule has 2 amide bonds. The monoisotopic (exact) mass is 559 g/mol. The Bertz CT molecular complexity index is 1240. The van der Waals surface area contributed by atoms with Crippen LogP contribution in [-0.2, 0) is 24.3 Å². The van der Waals surface area contributed by atoms with E-state index in [1.54, 1.807) is 4.90 Å². The van der Waals surface area contributed by atoms with Gasteiger partial charge in [-0.1, -0.05) is 0 Å².